The summed E-state index contributed by atoms with van der Waals surface area (Å²) in [5.41, 5.74) is 1.07. The van der Waals surface area contributed by atoms with Crippen LogP contribution in [0.15, 0.2) is 18.2 Å². The molecule has 0 spiro atoms. The van der Waals surface area contributed by atoms with E-state index in [1.54, 1.807) is 0 Å². The molecule has 0 aromatic carbocycles. The number of hydrogen-bond acceptors (Lipinski definition) is 4. The van der Waals surface area contributed by atoms with Crippen LogP contribution in [0.25, 0.3) is 10.7 Å². The number of anilines is 1. The molecule has 0 unspecified atom stereocenters. The van der Waals surface area contributed by atoms with Gasteiger partial charge in [0.25, 0.3) is 0 Å². The highest BCUT2D eigenvalue weighted by atomic mass is 35.5. The Labute approximate surface area is 116 Å². The number of thiophene rings is 1. The summed E-state index contributed by atoms with van der Waals surface area (Å²) in [6.07, 6.45) is 2.04. The van der Waals surface area contributed by atoms with Gasteiger partial charge in [0, 0.05) is 18.3 Å². The molecule has 0 radical (unpaired) electrons. The first-order valence-electron chi connectivity index (χ1n) is 6.10. The first-order chi connectivity index (χ1) is 8.72. The van der Waals surface area contributed by atoms with Crippen LogP contribution in [0.2, 0.25) is 4.34 Å². The number of hydrogen-bond donors (Lipinski definition) is 1. The van der Waals surface area contributed by atoms with Crippen LogP contribution < -0.4 is 5.32 Å². The van der Waals surface area contributed by atoms with E-state index in [0.29, 0.717) is 0 Å². The van der Waals surface area contributed by atoms with Gasteiger partial charge in [0.15, 0.2) is 5.82 Å². The van der Waals surface area contributed by atoms with Gasteiger partial charge < -0.3 is 5.32 Å². The molecule has 0 bridgehead atoms. The minimum absolute atomic E-state index is 0.758. The molecule has 0 atom stereocenters. The van der Waals surface area contributed by atoms with Gasteiger partial charge >= 0.3 is 0 Å². The van der Waals surface area contributed by atoms with Gasteiger partial charge in [0.2, 0.25) is 0 Å². The van der Waals surface area contributed by atoms with E-state index >= 15 is 0 Å². The fourth-order valence-electron chi connectivity index (χ4n) is 1.70. The maximum absolute atomic E-state index is 5.96. The number of nitrogens with zero attached hydrogens (tertiary/aromatic N) is 2. The standard InChI is InChI=1S/C13H16ClN3S/c1-3-5-9-8-12(15-4-2)17-13(16-9)10-6-7-11(14)18-10/h6-8H,3-5H2,1-2H3,(H,15,16,17). The fraction of sp³-hybridized carbons (Fsp3) is 0.385. The van der Waals surface area contributed by atoms with E-state index in [1.807, 2.05) is 18.2 Å². The first-order valence-corrected chi connectivity index (χ1v) is 7.30. The van der Waals surface area contributed by atoms with Gasteiger partial charge in [-0.3, -0.25) is 0 Å². The highest BCUT2D eigenvalue weighted by molar-refractivity contribution is 7.19. The molecule has 0 aliphatic carbocycles. The smallest absolute Gasteiger partial charge is 0.171 e. The summed E-state index contributed by atoms with van der Waals surface area (Å²) in [6, 6.07) is 5.86. The van der Waals surface area contributed by atoms with Crippen LogP contribution in [-0.2, 0) is 6.42 Å². The van der Waals surface area contributed by atoms with Gasteiger partial charge in [0.1, 0.15) is 5.82 Å². The lowest BCUT2D eigenvalue weighted by molar-refractivity contribution is 0.875. The maximum atomic E-state index is 5.96. The van der Waals surface area contributed by atoms with E-state index in [-0.39, 0.29) is 0 Å². The largest absolute Gasteiger partial charge is 0.370 e. The van der Waals surface area contributed by atoms with Crippen molar-refractivity contribution in [2.75, 3.05) is 11.9 Å². The number of aromatic nitrogens is 2. The zero-order valence-electron chi connectivity index (χ0n) is 10.5. The normalized spacial score (nSPS) is 10.6. The van der Waals surface area contributed by atoms with E-state index < -0.39 is 0 Å². The van der Waals surface area contributed by atoms with Gasteiger partial charge in [0.05, 0.1) is 9.21 Å². The highest BCUT2D eigenvalue weighted by Crippen LogP contribution is 2.29. The van der Waals surface area contributed by atoms with Crippen molar-refractivity contribution in [2.45, 2.75) is 26.7 Å². The van der Waals surface area contributed by atoms with Crippen LogP contribution in [0.5, 0.6) is 0 Å². The minimum Gasteiger partial charge on any atom is -0.370 e. The molecule has 0 fully saturated rings. The number of aryl methyl sites for hydroxylation is 1. The third-order valence-electron chi connectivity index (χ3n) is 2.44. The van der Waals surface area contributed by atoms with Crippen molar-refractivity contribution in [3.8, 4) is 10.7 Å². The predicted molar refractivity (Wildman–Crippen MR) is 78.5 cm³/mol. The van der Waals surface area contributed by atoms with Gasteiger partial charge in [-0.1, -0.05) is 24.9 Å². The van der Waals surface area contributed by atoms with Crippen molar-refractivity contribution in [1.82, 2.24) is 9.97 Å². The molecule has 2 aromatic heterocycles. The van der Waals surface area contributed by atoms with E-state index in [4.69, 9.17) is 11.6 Å². The summed E-state index contributed by atoms with van der Waals surface area (Å²) in [4.78, 5) is 10.1. The zero-order valence-corrected chi connectivity index (χ0v) is 12.1. The topological polar surface area (TPSA) is 37.8 Å². The van der Waals surface area contributed by atoms with Gasteiger partial charge in [-0.05, 0) is 25.5 Å². The van der Waals surface area contributed by atoms with Crippen molar-refractivity contribution in [3.63, 3.8) is 0 Å². The molecule has 5 heteroatoms. The number of halogens is 1. The molecule has 2 rings (SSSR count). The molecule has 0 saturated heterocycles. The highest BCUT2D eigenvalue weighted by Gasteiger charge is 2.08. The van der Waals surface area contributed by atoms with Crippen molar-refractivity contribution in [1.29, 1.82) is 0 Å². The van der Waals surface area contributed by atoms with Crippen molar-refractivity contribution >= 4 is 28.8 Å². The summed E-state index contributed by atoms with van der Waals surface area (Å²) in [5, 5.41) is 3.24. The first kappa shape index (κ1) is 13.3. The van der Waals surface area contributed by atoms with Gasteiger partial charge in [-0.25, -0.2) is 9.97 Å². The average Bonchev–Trinajstić information content (AvgIpc) is 2.76. The third kappa shape index (κ3) is 3.21. The maximum Gasteiger partial charge on any atom is 0.171 e. The Hall–Kier alpha value is -1.13. The Balaban J connectivity index is 2.39. The number of nitrogens with one attached hydrogen (secondary N) is 1. The van der Waals surface area contributed by atoms with Gasteiger partial charge in [-0.2, -0.15) is 0 Å². The van der Waals surface area contributed by atoms with Crippen molar-refractivity contribution in [3.05, 3.63) is 28.2 Å². The molecule has 2 aromatic rings. The van der Waals surface area contributed by atoms with Crippen LogP contribution in [0.4, 0.5) is 5.82 Å². The lowest BCUT2D eigenvalue weighted by atomic mass is 10.2. The molecule has 1 N–H and O–H groups in total. The average molecular weight is 282 g/mol. The molecule has 2 heterocycles. The Morgan fingerprint density at radius 3 is 2.72 bits per heavy atom. The van der Waals surface area contributed by atoms with Crippen LogP contribution >= 0.6 is 22.9 Å². The van der Waals surface area contributed by atoms with Crippen LogP contribution in [-0.4, -0.2) is 16.5 Å². The fourth-order valence-corrected chi connectivity index (χ4v) is 2.68. The zero-order chi connectivity index (χ0) is 13.0. The summed E-state index contributed by atoms with van der Waals surface area (Å²) >= 11 is 7.47. The summed E-state index contributed by atoms with van der Waals surface area (Å²) in [6.45, 7) is 5.06. The molecular formula is C13H16ClN3S. The second-order valence-electron chi connectivity index (χ2n) is 3.95. The molecule has 96 valence electrons. The minimum atomic E-state index is 0.758. The Morgan fingerprint density at radius 1 is 1.28 bits per heavy atom. The summed E-state index contributed by atoms with van der Waals surface area (Å²) in [5.74, 6) is 1.64. The molecule has 0 aliphatic rings. The monoisotopic (exact) mass is 281 g/mol. The van der Waals surface area contributed by atoms with Crippen molar-refractivity contribution < 1.29 is 0 Å². The van der Waals surface area contributed by atoms with E-state index in [9.17, 15) is 0 Å². The molecule has 0 saturated carbocycles. The number of rotatable bonds is 5. The quantitative estimate of drug-likeness (QED) is 0.891. The second-order valence-corrected chi connectivity index (χ2v) is 5.67. The van der Waals surface area contributed by atoms with Crippen LogP contribution in [0, 0.1) is 0 Å². The second kappa shape index (κ2) is 6.16. The molecule has 0 aliphatic heterocycles. The SMILES string of the molecule is CCCc1cc(NCC)nc(-c2ccc(Cl)s2)n1. The lowest BCUT2D eigenvalue weighted by Gasteiger charge is -2.07. The Kier molecular flexibility index (Phi) is 4.55. The molecule has 18 heavy (non-hydrogen) atoms. The molecule has 3 nitrogen and oxygen atoms in total. The molecular weight excluding hydrogens is 266 g/mol. The summed E-state index contributed by atoms with van der Waals surface area (Å²) in [7, 11) is 0. The Morgan fingerprint density at radius 2 is 2.11 bits per heavy atom. The van der Waals surface area contributed by atoms with Crippen LogP contribution in [0.3, 0.4) is 0 Å². The van der Waals surface area contributed by atoms with E-state index in [1.165, 1.54) is 11.3 Å². The van der Waals surface area contributed by atoms with E-state index in [0.717, 1.165) is 45.9 Å². The van der Waals surface area contributed by atoms with Crippen LogP contribution in [0.1, 0.15) is 26.0 Å². The van der Waals surface area contributed by atoms with E-state index in [2.05, 4.69) is 29.1 Å². The Bertz CT molecular complexity index is 500. The summed E-state index contributed by atoms with van der Waals surface area (Å²) < 4.78 is 0.763. The lowest BCUT2D eigenvalue weighted by Crippen LogP contribution is -2.03. The third-order valence-corrected chi connectivity index (χ3v) is 3.66. The molecule has 0 amide bonds. The van der Waals surface area contributed by atoms with Gasteiger partial charge in [-0.15, -0.1) is 11.3 Å². The van der Waals surface area contributed by atoms with Crippen molar-refractivity contribution in [2.24, 2.45) is 0 Å². The predicted octanol–water partition coefficient (Wildman–Crippen LogP) is 4.24.